The molecule has 0 aliphatic heterocycles. The molecule has 0 unspecified atom stereocenters. The molecule has 0 radical (unpaired) electrons. The molecule has 0 aromatic heterocycles. The van der Waals surface area contributed by atoms with Crippen LogP contribution in [0.15, 0.2) is 78.9 Å². The number of carbonyl (C=O) groups excluding carboxylic acids is 1. The van der Waals surface area contributed by atoms with E-state index in [4.69, 9.17) is 10.5 Å². The van der Waals surface area contributed by atoms with Gasteiger partial charge in [0.2, 0.25) is 0 Å². The highest BCUT2D eigenvalue weighted by Gasteiger charge is 2.22. The number of nitrogens with two attached hydrogens (primary N) is 1. The van der Waals surface area contributed by atoms with Gasteiger partial charge in [0, 0.05) is 6.04 Å². The summed E-state index contributed by atoms with van der Waals surface area (Å²) in [5.74, 6) is -0.247. The van der Waals surface area contributed by atoms with Gasteiger partial charge in [-0.2, -0.15) is 0 Å². The van der Waals surface area contributed by atoms with E-state index < -0.39 is 0 Å². The maximum absolute atomic E-state index is 12.5. The van der Waals surface area contributed by atoms with Crippen molar-refractivity contribution < 1.29 is 9.53 Å². The van der Waals surface area contributed by atoms with Gasteiger partial charge in [-0.05, 0) is 60.1 Å². The summed E-state index contributed by atoms with van der Waals surface area (Å²) in [6, 6.07) is 26.6. The normalized spacial score (nSPS) is 19.2. The van der Waals surface area contributed by atoms with Gasteiger partial charge < -0.3 is 10.5 Å². The third kappa shape index (κ3) is 4.15. The van der Waals surface area contributed by atoms with Gasteiger partial charge in [0.15, 0.2) is 0 Å². The van der Waals surface area contributed by atoms with Crippen molar-refractivity contribution in [3.63, 3.8) is 0 Å². The summed E-state index contributed by atoms with van der Waals surface area (Å²) in [4.78, 5) is 12.5. The van der Waals surface area contributed by atoms with Crippen LogP contribution in [0.5, 0.6) is 0 Å². The Bertz CT molecular complexity index is 926. The Kier molecular flexibility index (Phi) is 5.54. The fraction of sp³-hybridized carbons (Fsp3) is 0.240. The van der Waals surface area contributed by atoms with Crippen LogP contribution >= 0.6 is 0 Å². The minimum absolute atomic E-state index is 0.00853. The molecule has 0 spiro atoms. The Balaban J connectivity index is 1.52. The molecule has 0 atom stereocenters. The van der Waals surface area contributed by atoms with Crippen molar-refractivity contribution in [2.45, 2.75) is 37.8 Å². The van der Waals surface area contributed by atoms with E-state index in [1.165, 1.54) is 11.1 Å². The second-order valence-electron chi connectivity index (χ2n) is 7.43. The fourth-order valence-electron chi connectivity index (χ4n) is 3.82. The van der Waals surface area contributed by atoms with Gasteiger partial charge in [-0.3, -0.25) is 0 Å². The van der Waals surface area contributed by atoms with Crippen molar-refractivity contribution in [2.24, 2.45) is 5.73 Å². The highest BCUT2D eigenvalue weighted by atomic mass is 16.5. The summed E-state index contributed by atoms with van der Waals surface area (Å²) in [6.07, 6.45) is 3.55. The fourth-order valence-corrected chi connectivity index (χ4v) is 3.82. The van der Waals surface area contributed by atoms with Gasteiger partial charge in [0.1, 0.15) is 6.10 Å². The summed E-state index contributed by atoms with van der Waals surface area (Å²) in [7, 11) is 0. The molecule has 1 aliphatic rings. The van der Waals surface area contributed by atoms with Crippen LogP contribution in [0.3, 0.4) is 0 Å². The second kappa shape index (κ2) is 8.41. The number of ether oxygens (including phenoxy) is 1. The lowest BCUT2D eigenvalue weighted by molar-refractivity contribution is 0.0197. The lowest BCUT2D eigenvalue weighted by atomic mass is 9.93. The maximum atomic E-state index is 12.5. The van der Waals surface area contributed by atoms with Gasteiger partial charge in [-0.15, -0.1) is 0 Å². The van der Waals surface area contributed by atoms with E-state index in [0.717, 1.165) is 36.8 Å². The summed E-state index contributed by atoms with van der Waals surface area (Å²) < 4.78 is 5.67. The SMILES string of the molecule is NC1CCC(OC(=O)c2ccc(-c3ccccc3-c3ccccc3)cc2)CC1. The first-order valence-corrected chi connectivity index (χ1v) is 9.92. The van der Waals surface area contributed by atoms with Crippen molar-refractivity contribution in [3.8, 4) is 22.3 Å². The maximum Gasteiger partial charge on any atom is 0.338 e. The summed E-state index contributed by atoms with van der Waals surface area (Å²) in [5.41, 5.74) is 11.1. The number of hydrogen-bond donors (Lipinski definition) is 1. The van der Waals surface area contributed by atoms with Crippen molar-refractivity contribution in [3.05, 3.63) is 84.4 Å². The van der Waals surface area contributed by atoms with Gasteiger partial charge in [0.05, 0.1) is 5.56 Å². The van der Waals surface area contributed by atoms with Crippen LogP contribution < -0.4 is 5.73 Å². The lowest BCUT2D eigenvalue weighted by Crippen LogP contribution is -2.31. The van der Waals surface area contributed by atoms with E-state index in [0.29, 0.717) is 5.56 Å². The number of esters is 1. The molecular weight excluding hydrogens is 346 g/mol. The molecule has 28 heavy (non-hydrogen) atoms. The zero-order valence-electron chi connectivity index (χ0n) is 15.9. The molecule has 1 fully saturated rings. The molecule has 3 aromatic rings. The Morgan fingerprint density at radius 1 is 0.714 bits per heavy atom. The number of rotatable bonds is 4. The summed E-state index contributed by atoms with van der Waals surface area (Å²) >= 11 is 0. The molecule has 3 aromatic carbocycles. The lowest BCUT2D eigenvalue weighted by Gasteiger charge is -2.25. The number of hydrogen-bond acceptors (Lipinski definition) is 3. The zero-order valence-corrected chi connectivity index (χ0v) is 15.9. The van der Waals surface area contributed by atoms with E-state index in [-0.39, 0.29) is 18.1 Å². The number of benzene rings is 3. The highest BCUT2D eigenvalue weighted by molar-refractivity contribution is 5.91. The van der Waals surface area contributed by atoms with Crippen molar-refractivity contribution in [2.75, 3.05) is 0 Å². The van der Waals surface area contributed by atoms with Gasteiger partial charge in [0.25, 0.3) is 0 Å². The monoisotopic (exact) mass is 371 g/mol. The topological polar surface area (TPSA) is 52.3 Å². The van der Waals surface area contributed by atoms with Crippen LogP contribution in [-0.4, -0.2) is 18.1 Å². The molecule has 0 saturated heterocycles. The summed E-state index contributed by atoms with van der Waals surface area (Å²) in [5, 5.41) is 0. The molecule has 1 aliphatic carbocycles. The van der Waals surface area contributed by atoms with Crippen molar-refractivity contribution in [1.82, 2.24) is 0 Å². The molecule has 0 bridgehead atoms. The third-order valence-corrected chi connectivity index (χ3v) is 5.44. The first kappa shape index (κ1) is 18.5. The average molecular weight is 371 g/mol. The Labute approximate surface area is 166 Å². The molecular formula is C25H25NO2. The van der Waals surface area contributed by atoms with E-state index >= 15 is 0 Å². The standard InChI is InChI=1S/C25H25NO2/c26-21-14-16-22(17-15-21)28-25(27)20-12-10-19(11-13-20)24-9-5-4-8-23(24)18-6-2-1-3-7-18/h1-13,21-22H,14-17,26H2. The minimum Gasteiger partial charge on any atom is -0.459 e. The first-order valence-electron chi connectivity index (χ1n) is 9.92. The molecule has 1 saturated carbocycles. The predicted octanol–water partition coefficient (Wildman–Crippen LogP) is 5.45. The van der Waals surface area contributed by atoms with Gasteiger partial charge in [-0.1, -0.05) is 66.7 Å². The van der Waals surface area contributed by atoms with Crippen LogP contribution in [0.4, 0.5) is 0 Å². The predicted molar refractivity (Wildman–Crippen MR) is 113 cm³/mol. The average Bonchev–Trinajstić information content (AvgIpc) is 2.76. The van der Waals surface area contributed by atoms with E-state index in [1.54, 1.807) is 0 Å². The quantitative estimate of drug-likeness (QED) is 0.621. The second-order valence-corrected chi connectivity index (χ2v) is 7.43. The largest absolute Gasteiger partial charge is 0.459 e. The minimum atomic E-state index is -0.247. The smallest absolute Gasteiger partial charge is 0.338 e. The highest BCUT2D eigenvalue weighted by Crippen LogP contribution is 2.32. The zero-order chi connectivity index (χ0) is 19.3. The third-order valence-electron chi connectivity index (χ3n) is 5.44. The van der Waals surface area contributed by atoms with Gasteiger partial charge in [-0.25, -0.2) is 4.79 Å². The molecule has 2 N–H and O–H groups in total. The molecule has 4 rings (SSSR count). The molecule has 3 nitrogen and oxygen atoms in total. The molecule has 3 heteroatoms. The van der Waals surface area contributed by atoms with Crippen LogP contribution in [0.1, 0.15) is 36.0 Å². The van der Waals surface area contributed by atoms with Gasteiger partial charge >= 0.3 is 5.97 Å². The van der Waals surface area contributed by atoms with E-state index in [1.807, 2.05) is 54.6 Å². The van der Waals surface area contributed by atoms with Crippen LogP contribution in [-0.2, 0) is 4.74 Å². The Morgan fingerprint density at radius 2 is 1.25 bits per heavy atom. The molecule has 0 heterocycles. The molecule has 0 amide bonds. The van der Waals surface area contributed by atoms with Crippen LogP contribution in [0.2, 0.25) is 0 Å². The Hall–Kier alpha value is -2.91. The number of carbonyl (C=O) groups is 1. The van der Waals surface area contributed by atoms with Crippen molar-refractivity contribution in [1.29, 1.82) is 0 Å². The van der Waals surface area contributed by atoms with E-state index in [2.05, 4.69) is 24.3 Å². The first-order chi connectivity index (χ1) is 13.7. The summed E-state index contributed by atoms with van der Waals surface area (Å²) in [6.45, 7) is 0. The molecule has 142 valence electrons. The Morgan fingerprint density at radius 3 is 1.86 bits per heavy atom. The van der Waals surface area contributed by atoms with E-state index in [9.17, 15) is 4.79 Å². The van der Waals surface area contributed by atoms with Crippen LogP contribution in [0.25, 0.3) is 22.3 Å². The van der Waals surface area contributed by atoms with Crippen molar-refractivity contribution >= 4 is 5.97 Å². The van der Waals surface area contributed by atoms with Crippen LogP contribution in [0, 0.1) is 0 Å².